The van der Waals surface area contributed by atoms with Crippen LogP contribution in [0.4, 0.5) is 0 Å². The molecule has 1 aliphatic rings. The van der Waals surface area contributed by atoms with Crippen LogP contribution in [0.15, 0.2) is 54.6 Å². The van der Waals surface area contributed by atoms with Gasteiger partial charge < -0.3 is 19.1 Å². The molecule has 0 radical (unpaired) electrons. The zero-order valence-corrected chi connectivity index (χ0v) is 16.6. The molecular weight excluding hydrogens is 372 g/mol. The van der Waals surface area contributed by atoms with Gasteiger partial charge in [0.05, 0.1) is 7.11 Å². The summed E-state index contributed by atoms with van der Waals surface area (Å²) in [5.74, 6) is 0.483. The summed E-state index contributed by atoms with van der Waals surface area (Å²) in [5.41, 5.74) is 1.26. The number of amides is 1. The summed E-state index contributed by atoms with van der Waals surface area (Å²) >= 11 is 0. The molecule has 1 fully saturated rings. The molecule has 154 valence electrons. The number of methoxy groups -OCH3 is 1. The average Bonchev–Trinajstić information content (AvgIpc) is 2.77. The fraction of sp³-hybridized carbons (Fsp3) is 0.364. The van der Waals surface area contributed by atoms with E-state index in [0.29, 0.717) is 24.6 Å². The van der Waals surface area contributed by atoms with Gasteiger partial charge >= 0.3 is 5.97 Å². The van der Waals surface area contributed by atoms with E-state index >= 15 is 0 Å². The lowest BCUT2D eigenvalue weighted by Crippen LogP contribution is -2.49. The summed E-state index contributed by atoms with van der Waals surface area (Å²) in [4.78, 5) is 28.2. The second-order valence-electron chi connectivity index (χ2n) is 6.77. The smallest absolute Gasteiger partial charge is 0.344 e. The van der Waals surface area contributed by atoms with Crippen LogP contribution in [-0.2, 0) is 20.9 Å². The van der Waals surface area contributed by atoms with E-state index in [1.807, 2.05) is 18.2 Å². The van der Waals surface area contributed by atoms with Gasteiger partial charge in [-0.05, 0) is 29.8 Å². The molecule has 7 heteroatoms. The van der Waals surface area contributed by atoms with Gasteiger partial charge in [0.1, 0.15) is 11.5 Å². The highest BCUT2D eigenvalue weighted by Gasteiger charge is 2.22. The largest absolute Gasteiger partial charge is 0.497 e. The van der Waals surface area contributed by atoms with E-state index in [1.165, 1.54) is 5.56 Å². The molecule has 1 amide bonds. The molecule has 0 spiro atoms. The van der Waals surface area contributed by atoms with Crippen molar-refractivity contribution in [1.82, 2.24) is 9.80 Å². The quantitative estimate of drug-likeness (QED) is 0.634. The molecule has 3 rings (SSSR count). The Morgan fingerprint density at radius 2 is 1.52 bits per heavy atom. The molecule has 0 bridgehead atoms. The molecule has 2 aromatic rings. The molecule has 2 aromatic carbocycles. The molecule has 29 heavy (non-hydrogen) atoms. The van der Waals surface area contributed by atoms with Crippen molar-refractivity contribution in [2.45, 2.75) is 6.54 Å². The molecule has 0 N–H and O–H groups in total. The maximum absolute atomic E-state index is 12.3. The Hall–Kier alpha value is -3.06. The van der Waals surface area contributed by atoms with Gasteiger partial charge in [-0.25, -0.2) is 4.79 Å². The van der Waals surface area contributed by atoms with Crippen molar-refractivity contribution in [2.75, 3.05) is 46.5 Å². The van der Waals surface area contributed by atoms with E-state index in [0.717, 1.165) is 19.6 Å². The molecule has 1 saturated heterocycles. The topological polar surface area (TPSA) is 68.3 Å². The first-order chi connectivity index (χ1) is 14.1. The van der Waals surface area contributed by atoms with Crippen molar-refractivity contribution in [2.24, 2.45) is 0 Å². The minimum atomic E-state index is -0.572. The molecule has 0 saturated carbocycles. The van der Waals surface area contributed by atoms with E-state index in [9.17, 15) is 9.59 Å². The number of piperazine rings is 1. The maximum atomic E-state index is 12.3. The first-order valence-corrected chi connectivity index (χ1v) is 9.60. The Morgan fingerprint density at radius 1 is 0.862 bits per heavy atom. The van der Waals surface area contributed by atoms with E-state index < -0.39 is 5.97 Å². The maximum Gasteiger partial charge on any atom is 0.344 e. The average molecular weight is 398 g/mol. The van der Waals surface area contributed by atoms with E-state index in [1.54, 1.807) is 36.3 Å². The van der Waals surface area contributed by atoms with E-state index in [4.69, 9.17) is 14.2 Å². The van der Waals surface area contributed by atoms with Crippen LogP contribution in [0.3, 0.4) is 0 Å². The molecular formula is C22H26N2O5. The summed E-state index contributed by atoms with van der Waals surface area (Å²) in [7, 11) is 1.58. The van der Waals surface area contributed by atoms with Crippen molar-refractivity contribution in [3.8, 4) is 11.5 Å². The van der Waals surface area contributed by atoms with Gasteiger partial charge in [0.25, 0.3) is 5.91 Å². The Bertz CT molecular complexity index is 787. The number of hydrogen-bond donors (Lipinski definition) is 0. The predicted octanol–water partition coefficient (Wildman–Crippen LogP) is 1.96. The Kier molecular flexibility index (Phi) is 7.47. The van der Waals surface area contributed by atoms with Crippen LogP contribution in [0, 0.1) is 0 Å². The monoisotopic (exact) mass is 398 g/mol. The van der Waals surface area contributed by atoms with Crippen LogP contribution in [0.5, 0.6) is 11.5 Å². The summed E-state index contributed by atoms with van der Waals surface area (Å²) < 4.78 is 15.5. The SMILES string of the molecule is COc1ccc(OCC(=O)OCC(=O)N2CCN(Cc3ccccc3)CC2)cc1. The van der Waals surface area contributed by atoms with Crippen LogP contribution in [0.25, 0.3) is 0 Å². The summed E-state index contributed by atoms with van der Waals surface area (Å²) in [6.45, 7) is 3.23. The second-order valence-corrected chi connectivity index (χ2v) is 6.77. The molecule has 1 heterocycles. The lowest BCUT2D eigenvalue weighted by molar-refractivity contribution is -0.154. The first kappa shape index (κ1) is 20.7. The van der Waals surface area contributed by atoms with Crippen LogP contribution in [-0.4, -0.2) is 68.2 Å². The number of ether oxygens (including phenoxy) is 3. The van der Waals surface area contributed by atoms with E-state index in [-0.39, 0.29) is 19.1 Å². The zero-order chi connectivity index (χ0) is 20.5. The highest BCUT2D eigenvalue weighted by atomic mass is 16.6. The van der Waals surface area contributed by atoms with Gasteiger partial charge in [-0.3, -0.25) is 9.69 Å². The van der Waals surface area contributed by atoms with Gasteiger partial charge in [-0.15, -0.1) is 0 Å². The van der Waals surface area contributed by atoms with Crippen molar-refractivity contribution in [3.05, 3.63) is 60.2 Å². The van der Waals surface area contributed by atoms with Crippen LogP contribution >= 0.6 is 0 Å². The van der Waals surface area contributed by atoms with E-state index in [2.05, 4.69) is 17.0 Å². The van der Waals surface area contributed by atoms with Gasteiger partial charge in [-0.1, -0.05) is 30.3 Å². The molecule has 7 nitrogen and oxygen atoms in total. The third-order valence-corrected chi connectivity index (χ3v) is 4.75. The predicted molar refractivity (Wildman–Crippen MR) is 108 cm³/mol. The van der Waals surface area contributed by atoms with Crippen molar-refractivity contribution in [1.29, 1.82) is 0 Å². The number of hydrogen-bond acceptors (Lipinski definition) is 6. The number of esters is 1. The fourth-order valence-electron chi connectivity index (χ4n) is 3.09. The van der Waals surface area contributed by atoms with Crippen molar-refractivity contribution in [3.63, 3.8) is 0 Å². The molecule has 1 aliphatic heterocycles. The highest BCUT2D eigenvalue weighted by Crippen LogP contribution is 2.16. The number of benzene rings is 2. The number of rotatable bonds is 8. The first-order valence-electron chi connectivity index (χ1n) is 9.60. The molecule has 0 aliphatic carbocycles. The summed E-state index contributed by atoms with van der Waals surface area (Å²) in [6, 6.07) is 17.1. The normalized spacial score (nSPS) is 14.3. The van der Waals surface area contributed by atoms with Crippen molar-refractivity contribution < 1.29 is 23.8 Å². The number of nitrogens with zero attached hydrogens (tertiary/aromatic N) is 2. The Labute approximate surface area is 170 Å². The van der Waals surface area contributed by atoms with Gasteiger partial charge in [0.2, 0.25) is 0 Å². The van der Waals surface area contributed by atoms with Crippen LogP contribution < -0.4 is 9.47 Å². The summed E-state index contributed by atoms with van der Waals surface area (Å²) in [6.07, 6.45) is 0. The number of carbonyl (C=O) groups excluding carboxylic acids is 2. The molecule has 0 aromatic heterocycles. The Morgan fingerprint density at radius 3 is 2.17 bits per heavy atom. The standard InChI is InChI=1S/C22H26N2O5/c1-27-19-7-9-20(10-8-19)28-17-22(26)29-16-21(25)24-13-11-23(12-14-24)15-18-5-3-2-4-6-18/h2-10H,11-17H2,1H3. The zero-order valence-electron chi connectivity index (χ0n) is 16.6. The number of carbonyl (C=O) groups is 2. The van der Waals surface area contributed by atoms with Gasteiger partial charge in [0, 0.05) is 32.7 Å². The fourth-order valence-corrected chi connectivity index (χ4v) is 3.09. The van der Waals surface area contributed by atoms with Crippen LogP contribution in [0.1, 0.15) is 5.56 Å². The summed E-state index contributed by atoms with van der Waals surface area (Å²) in [5, 5.41) is 0. The Balaban J connectivity index is 1.33. The minimum absolute atomic E-state index is 0.179. The minimum Gasteiger partial charge on any atom is -0.497 e. The lowest BCUT2D eigenvalue weighted by atomic mass is 10.2. The van der Waals surface area contributed by atoms with Gasteiger partial charge in [-0.2, -0.15) is 0 Å². The van der Waals surface area contributed by atoms with Gasteiger partial charge in [0.15, 0.2) is 13.2 Å². The molecule has 0 unspecified atom stereocenters. The van der Waals surface area contributed by atoms with Crippen LogP contribution in [0.2, 0.25) is 0 Å². The highest BCUT2D eigenvalue weighted by molar-refractivity contribution is 5.81. The molecule has 0 atom stereocenters. The third kappa shape index (κ3) is 6.50. The van der Waals surface area contributed by atoms with Crippen molar-refractivity contribution >= 4 is 11.9 Å². The third-order valence-electron chi connectivity index (χ3n) is 4.75. The lowest BCUT2D eigenvalue weighted by Gasteiger charge is -2.34. The second kappa shape index (κ2) is 10.5.